The van der Waals surface area contributed by atoms with Crippen LogP contribution in [0.15, 0.2) is 23.1 Å². The maximum atomic E-state index is 13.3. The number of thioether (sulfide) groups is 1. The Kier molecular flexibility index (Phi) is 5.53. The molecule has 0 saturated carbocycles. The molecule has 12 heteroatoms. The average Bonchev–Trinajstić information content (AvgIpc) is 2.33. The molecule has 1 N–H and O–H groups in total. The molecule has 0 spiro atoms. The molecule has 1 aromatic carbocycles. The average molecular weight is 348 g/mol. The molecule has 0 bridgehead atoms. The summed E-state index contributed by atoms with van der Waals surface area (Å²) in [6.07, 6.45) is 0. The zero-order valence-corrected chi connectivity index (χ0v) is 11.7. The highest BCUT2D eigenvalue weighted by Gasteiger charge is 2.28. The van der Waals surface area contributed by atoms with E-state index in [1.165, 1.54) is 0 Å². The number of nitrogens with zero attached hydrogens (tertiary/aromatic N) is 1. The van der Waals surface area contributed by atoms with E-state index in [-0.39, 0.29) is 0 Å². The van der Waals surface area contributed by atoms with Crippen molar-refractivity contribution in [3.8, 4) is 0 Å². The summed E-state index contributed by atoms with van der Waals surface area (Å²) in [6.45, 7) is -0.523. The van der Waals surface area contributed by atoms with Crippen LogP contribution < -0.4 is 4.72 Å². The summed E-state index contributed by atoms with van der Waals surface area (Å²) >= 11 is -0.411. The second-order valence-electron chi connectivity index (χ2n) is 3.56. The number of nitro benzene ring substituents is 1. The van der Waals surface area contributed by atoms with Gasteiger partial charge in [0.1, 0.15) is 0 Å². The highest BCUT2D eigenvalue weighted by atomic mass is 32.2. The van der Waals surface area contributed by atoms with Gasteiger partial charge in [-0.15, -0.1) is 0 Å². The zero-order chi connectivity index (χ0) is 16.3. The number of hydrogen-bond donors (Lipinski definition) is 1. The van der Waals surface area contributed by atoms with Crippen LogP contribution in [0.5, 0.6) is 0 Å². The third-order valence-electron chi connectivity index (χ3n) is 2.09. The monoisotopic (exact) mass is 348 g/mol. The molecule has 0 amide bonds. The summed E-state index contributed by atoms with van der Waals surface area (Å²) in [4.78, 5) is 8.74. The lowest BCUT2D eigenvalue weighted by atomic mass is 10.3. The van der Waals surface area contributed by atoms with Crippen LogP contribution in [0.1, 0.15) is 0 Å². The number of nitrogens with one attached hydrogen (secondary N) is 1. The van der Waals surface area contributed by atoms with E-state index < -0.39 is 60.9 Å². The Bertz CT molecular complexity index is 633. The first-order valence-corrected chi connectivity index (χ1v) is 7.64. The Labute approximate surface area is 120 Å². The minimum atomic E-state index is -4.48. The van der Waals surface area contributed by atoms with Gasteiger partial charge in [0.05, 0.1) is 9.82 Å². The Hall–Kier alpha value is -1.40. The van der Waals surface area contributed by atoms with Gasteiger partial charge in [0, 0.05) is 24.4 Å². The summed E-state index contributed by atoms with van der Waals surface area (Å²) in [7, 11) is -4.24. The first kappa shape index (κ1) is 17.7. The van der Waals surface area contributed by atoms with Gasteiger partial charge in [0.2, 0.25) is 15.8 Å². The number of alkyl halides is 3. The lowest BCUT2D eigenvalue weighted by Gasteiger charge is -2.08. The van der Waals surface area contributed by atoms with Gasteiger partial charge in [-0.2, -0.15) is 17.6 Å². The van der Waals surface area contributed by atoms with Crippen molar-refractivity contribution in [2.24, 2.45) is 0 Å². The highest BCUT2D eigenvalue weighted by molar-refractivity contribution is 8.00. The molecule has 0 fully saturated rings. The van der Waals surface area contributed by atoms with Crippen molar-refractivity contribution in [3.05, 3.63) is 34.1 Å². The fourth-order valence-corrected chi connectivity index (χ4v) is 2.84. The zero-order valence-electron chi connectivity index (χ0n) is 10.1. The van der Waals surface area contributed by atoms with Crippen molar-refractivity contribution in [1.82, 2.24) is 4.72 Å². The Morgan fingerprint density at radius 3 is 2.43 bits per heavy atom. The predicted octanol–water partition coefficient (Wildman–Crippen LogP) is 2.27. The second kappa shape index (κ2) is 6.58. The fraction of sp³-hybridized carbons (Fsp3) is 0.333. The Morgan fingerprint density at radius 2 is 1.95 bits per heavy atom. The second-order valence-corrected chi connectivity index (χ2v) is 6.49. The van der Waals surface area contributed by atoms with Crippen LogP contribution >= 0.6 is 11.8 Å². The van der Waals surface area contributed by atoms with E-state index in [1.54, 1.807) is 0 Å². The highest BCUT2D eigenvalue weighted by Crippen LogP contribution is 2.29. The summed E-state index contributed by atoms with van der Waals surface area (Å²) in [5, 5.41) is 10.4. The maximum absolute atomic E-state index is 13.3. The molecule has 0 aliphatic carbocycles. The summed E-state index contributed by atoms with van der Waals surface area (Å²) in [5.74, 6) is -1.91. The van der Waals surface area contributed by atoms with Crippen LogP contribution in [0.4, 0.5) is 23.2 Å². The van der Waals surface area contributed by atoms with Gasteiger partial charge in [-0.05, 0) is 17.8 Å². The number of halogens is 4. The van der Waals surface area contributed by atoms with Gasteiger partial charge in [0.25, 0.3) is 0 Å². The van der Waals surface area contributed by atoms with Crippen LogP contribution in [0.3, 0.4) is 0 Å². The topological polar surface area (TPSA) is 89.3 Å². The molecule has 118 valence electrons. The minimum absolute atomic E-state index is 0.411. The van der Waals surface area contributed by atoms with Crippen molar-refractivity contribution in [2.45, 2.75) is 10.4 Å². The lowest BCUT2D eigenvalue weighted by molar-refractivity contribution is -0.387. The molecule has 0 aromatic heterocycles. The molecule has 21 heavy (non-hydrogen) atoms. The van der Waals surface area contributed by atoms with Crippen LogP contribution in [0.2, 0.25) is 0 Å². The standard InChI is InChI=1S/C9H8F4N2O4S2/c10-7-5-6(1-2-8(7)15(16)17)21(18,19)14-3-4-20-9(11,12)13/h1-2,5,14H,3-4H2. The van der Waals surface area contributed by atoms with Crippen LogP contribution in [0, 0.1) is 15.9 Å². The molecule has 0 aliphatic heterocycles. The molecule has 1 rings (SSSR count). The molecule has 0 atom stereocenters. The first-order chi connectivity index (χ1) is 9.53. The smallest absolute Gasteiger partial charge is 0.258 e. The van der Waals surface area contributed by atoms with E-state index in [4.69, 9.17) is 0 Å². The van der Waals surface area contributed by atoms with E-state index >= 15 is 0 Å². The summed E-state index contributed by atoms with van der Waals surface area (Å²) < 4.78 is 74.0. The quantitative estimate of drug-likeness (QED) is 0.369. The van der Waals surface area contributed by atoms with Crippen molar-refractivity contribution in [1.29, 1.82) is 0 Å². The first-order valence-electron chi connectivity index (χ1n) is 5.17. The van der Waals surface area contributed by atoms with Crippen molar-refractivity contribution in [3.63, 3.8) is 0 Å². The largest absolute Gasteiger partial charge is 0.441 e. The third-order valence-corrected chi connectivity index (χ3v) is 4.28. The molecule has 0 heterocycles. The normalized spacial score (nSPS) is 12.4. The number of nitro groups is 1. The molecule has 1 aromatic rings. The van der Waals surface area contributed by atoms with Crippen molar-refractivity contribution >= 4 is 27.5 Å². The molecule has 0 unspecified atom stereocenters. The van der Waals surface area contributed by atoms with E-state index in [2.05, 4.69) is 0 Å². The van der Waals surface area contributed by atoms with Crippen LogP contribution in [0.25, 0.3) is 0 Å². The van der Waals surface area contributed by atoms with Crippen molar-refractivity contribution in [2.75, 3.05) is 12.3 Å². The van der Waals surface area contributed by atoms with Crippen molar-refractivity contribution < 1.29 is 30.9 Å². The molecule has 0 aliphatic rings. The van der Waals surface area contributed by atoms with Gasteiger partial charge in [-0.3, -0.25) is 10.1 Å². The predicted molar refractivity (Wildman–Crippen MR) is 66.8 cm³/mol. The number of rotatable bonds is 6. The van der Waals surface area contributed by atoms with E-state index in [0.717, 1.165) is 6.07 Å². The summed E-state index contributed by atoms with van der Waals surface area (Å²) in [5.41, 5.74) is -5.38. The van der Waals surface area contributed by atoms with Gasteiger partial charge in [-0.25, -0.2) is 13.1 Å². The maximum Gasteiger partial charge on any atom is 0.441 e. The molecule has 6 nitrogen and oxygen atoms in total. The van der Waals surface area contributed by atoms with Gasteiger partial charge in [0.15, 0.2) is 0 Å². The third kappa shape index (κ3) is 5.47. The number of sulfonamides is 1. The molecule has 0 radical (unpaired) electrons. The number of benzene rings is 1. The van der Waals surface area contributed by atoms with Gasteiger partial charge in [-0.1, -0.05) is 0 Å². The molecule has 0 saturated heterocycles. The van der Waals surface area contributed by atoms with Crippen LogP contribution in [-0.2, 0) is 10.0 Å². The van der Waals surface area contributed by atoms with Crippen LogP contribution in [-0.4, -0.2) is 31.1 Å². The SMILES string of the molecule is O=[N+]([O-])c1ccc(S(=O)(=O)NCCSC(F)(F)F)cc1F. The number of hydrogen-bond acceptors (Lipinski definition) is 5. The molecular weight excluding hydrogens is 340 g/mol. The Morgan fingerprint density at radius 1 is 1.33 bits per heavy atom. The van der Waals surface area contributed by atoms with E-state index in [1.807, 2.05) is 4.72 Å². The lowest BCUT2D eigenvalue weighted by Crippen LogP contribution is -2.26. The minimum Gasteiger partial charge on any atom is -0.258 e. The van der Waals surface area contributed by atoms with E-state index in [9.17, 15) is 36.1 Å². The Balaban J connectivity index is 2.75. The van der Waals surface area contributed by atoms with Gasteiger partial charge >= 0.3 is 11.2 Å². The fourth-order valence-electron chi connectivity index (χ4n) is 1.23. The van der Waals surface area contributed by atoms with Gasteiger partial charge < -0.3 is 0 Å². The molecular formula is C9H8F4N2O4S2. The summed E-state index contributed by atoms with van der Waals surface area (Å²) in [6, 6.07) is 1.88. The van der Waals surface area contributed by atoms with E-state index in [0.29, 0.717) is 12.1 Å².